The Morgan fingerprint density at radius 3 is 2.55 bits per heavy atom. The van der Waals surface area contributed by atoms with Gasteiger partial charge >= 0.3 is 0 Å². The number of aromatic nitrogens is 3. The number of alkyl halides is 1. The van der Waals surface area contributed by atoms with Crippen molar-refractivity contribution in [2.45, 2.75) is 32.4 Å². The number of benzene rings is 2. The number of hydrogen-bond acceptors (Lipinski definition) is 6. The molecule has 2 aliphatic rings. The highest BCUT2D eigenvalue weighted by Crippen LogP contribution is 2.55. The molecule has 4 aromatic rings. The molecule has 0 aliphatic carbocycles. The molecule has 2 amide bonds. The summed E-state index contributed by atoms with van der Waals surface area (Å²) in [5.74, 6) is 0.0151. The molecule has 2 aromatic carbocycles. The SMILES string of the molecule is COc1cc(OCCF)ncc1-c1nc2c(n1C(C)C)[C@@]1(C(=O)Nc3cc(Cl)ccc31)N(c1cc(Cl)ccc1C)C2=O. The molecule has 0 saturated carbocycles. The molecule has 42 heavy (non-hydrogen) atoms. The van der Waals surface area contributed by atoms with Crippen molar-refractivity contribution in [1.82, 2.24) is 14.5 Å². The van der Waals surface area contributed by atoms with Crippen molar-refractivity contribution in [2.75, 3.05) is 30.6 Å². The second-order valence-corrected chi connectivity index (χ2v) is 11.2. The lowest BCUT2D eigenvalue weighted by Gasteiger charge is -2.36. The normalized spacial score (nSPS) is 17.2. The largest absolute Gasteiger partial charge is 0.496 e. The molecule has 6 rings (SSSR count). The highest BCUT2D eigenvalue weighted by Gasteiger charge is 2.64. The van der Waals surface area contributed by atoms with Gasteiger partial charge in [0.2, 0.25) is 5.88 Å². The van der Waals surface area contributed by atoms with Gasteiger partial charge in [-0.15, -0.1) is 0 Å². The maximum atomic E-state index is 14.5. The monoisotopic (exact) mass is 609 g/mol. The molecule has 1 spiro atoms. The van der Waals surface area contributed by atoms with E-state index in [1.807, 2.05) is 25.3 Å². The van der Waals surface area contributed by atoms with E-state index < -0.39 is 24.0 Å². The summed E-state index contributed by atoms with van der Waals surface area (Å²) in [4.78, 5) is 39.5. The Balaban J connectivity index is 1.67. The number of hydrogen-bond donors (Lipinski definition) is 1. The molecule has 0 saturated heterocycles. The predicted molar refractivity (Wildman–Crippen MR) is 158 cm³/mol. The van der Waals surface area contributed by atoms with Gasteiger partial charge in [0.1, 0.15) is 24.9 Å². The van der Waals surface area contributed by atoms with Crippen LogP contribution < -0.4 is 19.7 Å². The summed E-state index contributed by atoms with van der Waals surface area (Å²) in [6, 6.07) is 11.6. The van der Waals surface area contributed by atoms with E-state index in [0.29, 0.717) is 49.8 Å². The Labute approximate surface area is 251 Å². The van der Waals surface area contributed by atoms with Gasteiger partial charge in [0.15, 0.2) is 11.2 Å². The highest BCUT2D eigenvalue weighted by molar-refractivity contribution is 6.32. The van der Waals surface area contributed by atoms with E-state index in [4.69, 9.17) is 37.7 Å². The average Bonchev–Trinajstić information content (AvgIpc) is 3.57. The summed E-state index contributed by atoms with van der Waals surface area (Å²) < 4.78 is 25.5. The fourth-order valence-electron chi connectivity index (χ4n) is 5.80. The fraction of sp³-hybridized carbons (Fsp3) is 0.267. The molecule has 0 bridgehead atoms. The Hall–Kier alpha value is -4.15. The number of carbonyl (C=O) groups is 2. The summed E-state index contributed by atoms with van der Waals surface area (Å²) in [5, 5.41) is 3.80. The third-order valence-corrected chi connectivity index (χ3v) is 7.97. The van der Waals surface area contributed by atoms with Crippen molar-refractivity contribution in [3.05, 3.63) is 81.2 Å². The lowest BCUT2D eigenvalue weighted by Crippen LogP contribution is -2.51. The Morgan fingerprint density at radius 1 is 1.10 bits per heavy atom. The van der Waals surface area contributed by atoms with Gasteiger partial charge in [0.05, 0.1) is 24.1 Å². The van der Waals surface area contributed by atoms with Gasteiger partial charge < -0.3 is 19.4 Å². The first-order valence-corrected chi connectivity index (χ1v) is 14.0. The van der Waals surface area contributed by atoms with Gasteiger partial charge in [-0.25, -0.2) is 14.4 Å². The second-order valence-electron chi connectivity index (χ2n) is 10.3. The van der Waals surface area contributed by atoms with Crippen LogP contribution in [-0.2, 0) is 10.3 Å². The lowest BCUT2D eigenvalue weighted by atomic mass is 9.86. The quantitative estimate of drug-likeness (QED) is 0.262. The maximum Gasteiger partial charge on any atom is 0.280 e. The number of carbonyl (C=O) groups excluding carboxylic acids is 2. The fourth-order valence-corrected chi connectivity index (χ4v) is 6.14. The van der Waals surface area contributed by atoms with Crippen LogP contribution in [0.1, 0.15) is 47.2 Å². The smallest absolute Gasteiger partial charge is 0.280 e. The van der Waals surface area contributed by atoms with Gasteiger partial charge in [0, 0.05) is 39.6 Å². The van der Waals surface area contributed by atoms with Crippen molar-refractivity contribution in [3.63, 3.8) is 0 Å². The predicted octanol–water partition coefficient (Wildman–Crippen LogP) is 6.35. The van der Waals surface area contributed by atoms with Crippen LogP contribution in [0.3, 0.4) is 0 Å². The third-order valence-electron chi connectivity index (χ3n) is 7.50. The van der Waals surface area contributed by atoms with Crippen LogP contribution in [0.5, 0.6) is 11.6 Å². The number of imidazole rings is 1. The van der Waals surface area contributed by atoms with Gasteiger partial charge in [-0.05, 0) is 50.6 Å². The van der Waals surface area contributed by atoms with E-state index in [-0.39, 0.29) is 24.2 Å². The van der Waals surface area contributed by atoms with Crippen LogP contribution >= 0.6 is 23.2 Å². The minimum absolute atomic E-state index is 0.107. The highest BCUT2D eigenvalue weighted by atomic mass is 35.5. The molecule has 4 heterocycles. The molecule has 0 fully saturated rings. The summed E-state index contributed by atoms with van der Waals surface area (Å²) in [5.41, 5.74) is 1.62. The van der Waals surface area contributed by atoms with E-state index in [2.05, 4.69) is 10.3 Å². The minimum Gasteiger partial charge on any atom is -0.496 e. The van der Waals surface area contributed by atoms with Crippen molar-refractivity contribution in [2.24, 2.45) is 0 Å². The molecule has 216 valence electrons. The molecule has 0 unspecified atom stereocenters. The van der Waals surface area contributed by atoms with Crippen LogP contribution in [0.15, 0.2) is 48.7 Å². The number of nitrogens with zero attached hydrogens (tertiary/aromatic N) is 4. The van der Waals surface area contributed by atoms with Crippen LogP contribution in [0.4, 0.5) is 15.8 Å². The molecule has 1 N–H and O–H groups in total. The van der Waals surface area contributed by atoms with Crippen LogP contribution in [-0.4, -0.2) is 46.7 Å². The van der Waals surface area contributed by atoms with Crippen molar-refractivity contribution < 1.29 is 23.5 Å². The molecule has 1 atom stereocenters. The number of anilines is 2. The summed E-state index contributed by atoms with van der Waals surface area (Å²) >= 11 is 12.7. The van der Waals surface area contributed by atoms with Gasteiger partial charge in [-0.1, -0.05) is 35.3 Å². The summed E-state index contributed by atoms with van der Waals surface area (Å²) in [7, 11) is 1.48. The summed E-state index contributed by atoms with van der Waals surface area (Å²) in [6.07, 6.45) is 1.50. The van der Waals surface area contributed by atoms with Crippen LogP contribution in [0, 0.1) is 6.92 Å². The number of amides is 2. The molecule has 9 nitrogen and oxygen atoms in total. The third kappa shape index (κ3) is 3.96. The number of rotatable bonds is 7. The van der Waals surface area contributed by atoms with Gasteiger partial charge in [0.25, 0.3) is 11.8 Å². The minimum atomic E-state index is -1.62. The zero-order valence-corrected chi connectivity index (χ0v) is 24.7. The standard InChI is InChI=1S/C30H26Cl2FN5O4/c1-15(2)37-26-25(36-27(37)19-14-34-24(42-10-9-33)13-23(19)41-4)28(39)38(22-12-18(32)6-5-16(22)3)30(26)20-8-7-17(31)11-21(20)35-29(30)40/h5-8,11-15H,9-10H2,1-4H3,(H,35,40)/t30-/m0/s1. The lowest BCUT2D eigenvalue weighted by molar-refractivity contribution is -0.119. The van der Waals surface area contributed by atoms with Crippen LogP contribution in [0.25, 0.3) is 11.4 Å². The van der Waals surface area contributed by atoms with E-state index >= 15 is 0 Å². The first kappa shape index (κ1) is 28.0. The first-order chi connectivity index (χ1) is 20.1. The number of pyridine rings is 1. The Morgan fingerprint density at radius 2 is 1.83 bits per heavy atom. The topological polar surface area (TPSA) is 98.6 Å². The van der Waals surface area contributed by atoms with Gasteiger partial charge in [-0.3, -0.25) is 14.5 Å². The van der Waals surface area contributed by atoms with E-state index in [0.717, 1.165) is 5.56 Å². The molecule has 0 radical (unpaired) electrons. The van der Waals surface area contributed by atoms with E-state index in [9.17, 15) is 14.0 Å². The zero-order chi connectivity index (χ0) is 29.9. The Bertz CT molecular complexity index is 1770. The zero-order valence-electron chi connectivity index (χ0n) is 23.2. The molecule has 2 aromatic heterocycles. The first-order valence-electron chi connectivity index (χ1n) is 13.2. The number of methoxy groups -OCH3 is 1. The van der Waals surface area contributed by atoms with E-state index in [1.54, 1.807) is 36.4 Å². The molecular formula is C30H26Cl2FN5O4. The number of aryl methyl sites for hydroxylation is 1. The maximum absolute atomic E-state index is 14.5. The second kappa shape index (κ2) is 10.3. The number of fused-ring (bicyclic) bond motifs is 4. The molecule has 2 aliphatic heterocycles. The molecule has 12 heteroatoms. The number of nitrogens with one attached hydrogen (secondary N) is 1. The summed E-state index contributed by atoms with van der Waals surface area (Å²) in [6.45, 7) is 4.90. The van der Waals surface area contributed by atoms with Gasteiger partial charge in [-0.2, -0.15) is 0 Å². The van der Waals surface area contributed by atoms with Crippen LogP contribution in [0.2, 0.25) is 10.0 Å². The Kier molecular flexibility index (Phi) is 6.86. The van der Waals surface area contributed by atoms with E-state index in [1.165, 1.54) is 24.3 Å². The average molecular weight is 610 g/mol. The van der Waals surface area contributed by atoms with Crippen molar-refractivity contribution in [3.8, 4) is 23.0 Å². The number of halogens is 3. The molecular weight excluding hydrogens is 584 g/mol. The number of ether oxygens (including phenoxy) is 2. The van der Waals surface area contributed by atoms with Crippen molar-refractivity contribution >= 4 is 46.4 Å². The van der Waals surface area contributed by atoms with Crippen molar-refractivity contribution in [1.29, 1.82) is 0 Å².